The molecule has 1 aromatic carbocycles. The zero-order valence-corrected chi connectivity index (χ0v) is 18.3. The number of aromatic nitrogens is 1. The van der Waals surface area contributed by atoms with Crippen LogP contribution in [0.2, 0.25) is 0 Å². The standard InChI is InChI=1S/C21H32N4O2S/c1-6-22-21(23-11-10-20-15(4)25-16(5)28-20)24-13-19(26)17-8-7-9-18(12-17)27-14(2)3/h7-9,12,14,19,26H,6,10-11,13H2,1-5H3,(H2,22,23,24). The third kappa shape index (κ3) is 7.13. The highest BCUT2D eigenvalue weighted by Gasteiger charge is 2.10. The molecule has 0 radical (unpaired) electrons. The van der Waals surface area contributed by atoms with E-state index in [9.17, 15) is 5.11 Å². The van der Waals surface area contributed by atoms with E-state index in [1.54, 1.807) is 11.3 Å². The van der Waals surface area contributed by atoms with Gasteiger partial charge in [0.15, 0.2) is 5.96 Å². The second-order valence-corrected chi connectivity index (χ2v) is 8.18. The summed E-state index contributed by atoms with van der Waals surface area (Å²) in [4.78, 5) is 10.3. The topological polar surface area (TPSA) is 78.8 Å². The van der Waals surface area contributed by atoms with Gasteiger partial charge in [0.1, 0.15) is 5.75 Å². The number of aliphatic hydroxyl groups is 1. The Bertz CT molecular complexity index is 774. The van der Waals surface area contributed by atoms with Crippen LogP contribution in [0.25, 0.3) is 0 Å². The molecule has 6 nitrogen and oxygen atoms in total. The highest BCUT2D eigenvalue weighted by molar-refractivity contribution is 7.11. The van der Waals surface area contributed by atoms with Crippen LogP contribution in [0.5, 0.6) is 5.75 Å². The molecule has 7 heteroatoms. The zero-order chi connectivity index (χ0) is 20.5. The summed E-state index contributed by atoms with van der Waals surface area (Å²) >= 11 is 1.74. The lowest BCUT2D eigenvalue weighted by molar-refractivity contribution is 0.185. The summed E-state index contributed by atoms with van der Waals surface area (Å²) < 4.78 is 5.70. The summed E-state index contributed by atoms with van der Waals surface area (Å²) in [6, 6.07) is 7.55. The molecule has 0 bridgehead atoms. The van der Waals surface area contributed by atoms with Crippen molar-refractivity contribution in [2.75, 3.05) is 19.6 Å². The maximum Gasteiger partial charge on any atom is 0.191 e. The molecule has 0 saturated heterocycles. The third-order valence-corrected chi connectivity index (χ3v) is 5.16. The van der Waals surface area contributed by atoms with Crippen molar-refractivity contribution in [3.63, 3.8) is 0 Å². The Labute approximate surface area is 172 Å². The molecular weight excluding hydrogens is 372 g/mol. The fourth-order valence-electron chi connectivity index (χ4n) is 2.79. The number of nitrogens with one attached hydrogen (secondary N) is 2. The van der Waals surface area contributed by atoms with Crippen LogP contribution in [0, 0.1) is 13.8 Å². The number of thiazole rings is 1. The molecule has 1 unspecified atom stereocenters. The van der Waals surface area contributed by atoms with Crippen molar-refractivity contribution < 1.29 is 9.84 Å². The number of guanidine groups is 1. The Hall–Kier alpha value is -2.12. The van der Waals surface area contributed by atoms with E-state index in [-0.39, 0.29) is 12.6 Å². The van der Waals surface area contributed by atoms with Crippen molar-refractivity contribution in [2.24, 2.45) is 4.99 Å². The Morgan fingerprint density at radius 3 is 2.71 bits per heavy atom. The lowest BCUT2D eigenvalue weighted by Gasteiger charge is -2.15. The monoisotopic (exact) mass is 404 g/mol. The van der Waals surface area contributed by atoms with E-state index >= 15 is 0 Å². The number of nitrogens with zero attached hydrogens (tertiary/aromatic N) is 2. The molecule has 28 heavy (non-hydrogen) atoms. The minimum absolute atomic E-state index is 0.0981. The number of aliphatic hydroxyl groups excluding tert-OH is 1. The maximum absolute atomic E-state index is 10.5. The molecule has 3 N–H and O–H groups in total. The van der Waals surface area contributed by atoms with Gasteiger partial charge in [0.25, 0.3) is 0 Å². The molecule has 0 amide bonds. The van der Waals surface area contributed by atoms with Crippen molar-refractivity contribution in [3.05, 3.63) is 45.4 Å². The molecule has 0 fully saturated rings. The lowest BCUT2D eigenvalue weighted by Crippen LogP contribution is -2.38. The van der Waals surface area contributed by atoms with Crippen LogP contribution in [0.15, 0.2) is 29.3 Å². The van der Waals surface area contributed by atoms with Gasteiger partial charge in [-0.25, -0.2) is 4.98 Å². The van der Waals surface area contributed by atoms with Gasteiger partial charge >= 0.3 is 0 Å². The smallest absolute Gasteiger partial charge is 0.191 e. The molecule has 2 aromatic rings. The largest absolute Gasteiger partial charge is 0.491 e. The first-order chi connectivity index (χ1) is 13.4. The first-order valence-corrected chi connectivity index (χ1v) is 10.6. The number of rotatable bonds is 9. The van der Waals surface area contributed by atoms with Gasteiger partial charge in [-0.3, -0.25) is 4.99 Å². The van der Waals surface area contributed by atoms with E-state index in [1.165, 1.54) is 4.88 Å². The van der Waals surface area contributed by atoms with Gasteiger partial charge in [-0.2, -0.15) is 0 Å². The summed E-state index contributed by atoms with van der Waals surface area (Å²) in [5.41, 5.74) is 1.90. The molecule has 1 atom stereocenters. The predicted octanol–water partition coefficient (Wildman–Crippen LogP) is 3.38. The molecule has 0 aliphatic carbocycles. The first kappa shape index (κ1) is 22.2. The fourth-order valence-corrected chi connectivity index (χ4v) is 3.73. The molecule has 154 valence electrons. The second-order valence-electron chi connectivity index (χ2n) is 6.89. The van der Waals surface area contributed by atoms with Gasteiger partial charge < -0.3 is 20.5 Å². The molecular formula is C21H32N4O2S. The van der Waals surface area contributed by atoms with E-state index in [1.807, 2.05) is 58.9 Å². The molecule has 0 aliphatic rings. The summed E-state index contributed by atoms with van der Waals surface area (Å²) in [5, 5.41) is 18.2. The molecule has 0 spiro atoms. The highest BCUT2D eigenvalue weighted by Crippen LogP contribution is 2.20. The van der Waals surface area contributed by atoms with E-state index in [2.05, 4.69) is 20.6 Å². The Morgan fingerprint density at radius 2 is 2.07 bits per heavy atom. The summed E-state index contributed by atoms with van der Waals surface area (Å²) in [7, 11) is 0. The summed E-state index contributed by atoms with van der Waals surface area (Å²) in [6.07, 6.45) is 0.317. The molecule has 1 heterocycles. The van der Waals surface area contributed by atoms with E-state index in [4.69, 9.17) is 4.74 Å². The minimum Gasteiger partial charge on any atom is -0.491 e. The Morgan fingerprint density at radius 1 is 1.29 bits per heavy atom. The van der Waals surface area contributed by atoms with Crippen LogP contribution in [-0.4, -0.2) is 41.8 Å². The molecule has 0 saturated carbocycles. The number of aliphatic imine (C=N–C) groups is 1. The second kappa shape index (κ2) is 11.0. The van der Waals surface area contributed by atoms with Crippen molar-refractivity contribution in [3.8, 4) is 5.75 Å². The van der Waals surface area contributed by atoms with Gasteiger partial charge in [0, 0.05) is 24.4 Å². The number of ether oxygens (including phenoxy) is 1. The third-order valence-electron chi connectivity index (χ3n) is 4.03. The van der Waals surface area contributed by atoms with Crippen LogP contribution in [-0.2, 0) is 6.42 Å². The van der Waals surface area contributed by atoms with Crippen LogP contribution in [0.1, 0.15) is 48.0 Å². The summed E-state index contributed by atoms with van der Waals surface area (Å²) in [6.45, 7) is 11.9. The average Bonchev–Trinajstić information content (AvgIpc) is 2.96. The van der Waals surface area contributed by atoms with Crippen LogP contribution in [0.4, 0.5) is 0 Å². The molecule has 2 rings (SSSR count). The average molecular weight is 405 g/mol. The van der Waals surface area contributed by atoms with E-state index < -0.39 is 6.10 Å². The molecule has 1 aromatic heterocycles. The van der Waals surface area contributed by atoms with Crippen molar-refractivity contribution in [1.29, 1.82) is 0 Å². The normalized spacial score (nSPS) is 12.9. The van der Waals surface area contributed by atoms with Gasteiger partial charge in [-0.15, -0.1) is 11.3 Å². The first-order valence-electron chi connectivity index (χ1n) is 9.78. The van der Waals surface area contributed by atoms with Crippen LogP contribution in [0.3, 0.4) is 0 Å². The SMILES string of the molecule is CCNC(=NCC(O)c1cccc(OC(C)C)c1)NCCc1sc(C)nc1C. The lowest BCUT2D eigenvalue weighted by atomic mass is 10.1. The van der Waals surface area contributed by atoms with Gasteiger partial charge in [0.05, 0.1) is 29.5 Å². The minimum atomic E-state index is -0.683. The number of benzene rings is 1. The Balaban J connectivity index is 1.92. The van der Waals surface area contributed by atoms with E-state index in [0.29, 0.717) is 5.96 Å². The fraction of sp³-hybridized carbons (Fsp3) is 0.524. The van der Waals surface area contributed by atoms with E-state index in [0.717, 1.165) is 41.5 Å². The van der Waals surface area contributed by atoms with Crippen LogP contribution >= 0.6 is 11.3 Å². The quantitative estimate of drug-likeness (QED) is 0.441. The predicted molar refractivity (Wildman–Crippen MR) is 116 cm³/mol. The van der Waals surface area contributed by atoms with Crippen LogP contribution < -0.4 is 15.4 Å². The van der Waals surface area contributed by atoms with Crippen molar-refractivity contribution in [1.82, 2.24) is 15.6 Å². The number of aryl methyl sites for hydroxylation is 2. The number of hydrogen-bond donors (Lipinski definition) is 3. The summed E-state index contributed by atoms with van der Waals surface area (Å²) in [5.74, 6) is 1.46. The maximum atomic E-state index is 10.5. The van der Waals surface area contributed by atoms with Crippen molar-refractivity contribution in [2.45, 2.75) is 53.2 Å². The van der Waals surface area contributed by atoms with Gasteiger partial charge in [-0.1, -0.05) is 12.1 Å². The highest BCUT2D eigenvalue weighted by atomic mass is 32.1. The Kier molecular flexibility index (Phi) is 8.73. The van der Waals surface area contributed by atoms with Gasteiger partial charge in [-0.05, 0) is 52.3 Å². The number of hydrogen-bond acceptors (Lipinski definition) is 5. The zero-order valence-electron chi connectivity index (χ0n) is 17.5. The van der Waals surface area contributed by atoms with Crippen molar-refractivity contribution >= 4 is 17.3 Å². The van der Waals surface area contributed by atoms with Gasteiger partial charge in [0.2, 0.25) is 0 Å². The molecule has 0 aliphatic heterocycles.